The molecule has 3 aromatic heterocycles. The molecule has 1 amide bonds. The van der Waals surface area contributed by atoms with Gasteiger partial charge in [-0.05, 0) is 49.4 Å². The Morgan fingerprint density at radius 3 is 2.55 bits per heavy atom. The van der Waals surface area contributed by atoms with Gasteiger partial charge in [0.25, 0.3) is 5.91 Å². The highest BCUT2D eigenvalue weighted by Crippen LogP contribution is 2.23. The van der Waals surface area contributed by atoms with Crippen LogP contribution in [-0.2, 0) is 0 Å². The van der Waals surface area contributed by atoms with Gasteiger partial charge in [0.05, 0.1) is 11.9 Å². The lowest BCUT2D eigenvalue weighted by molar-refractivity contribution is 0.102. The number of anilines is 1. The maximum atomic E-state index is 12.5. The molecule has 0 unspecified atom stereocenters. The summed E-state index contributed by atoms with van der Waals surface area (Å²) in [5, 5.41) is 15.4. The number of para-hydroxylation sites is 1. The van der Waals surface area contributed by atoms with Crippen molar-refractivity contribution in [2.45, 2.75) is 6.92 Å². The van der Waals surface area contributed by atoms with E-state index in [2.05, 4.69) is 30.6 Å². The first-order valence-electron chi connectivity index (χ1n) is 10.1. The summed E-state index contributed by atoms with van der Waals surface area (Å²) in [5.74, 6) is 1.76. The molecule has 0 aliphatic rings. The highest BCUT2D eigenvalue weighted by atomic mass is 16.5. The van der Waals surface area contributed by atoms with Crippen LogP contribution in [0.2, 0.25) is 0 Å². The average molecular weight is 438 g/mol. The Bertz CT molecular complexity index is 1380. The van der Waals surface area contributed by atoms with Crippen molar-refractivity contribution in [1.29, 1.82) is 0 Å². The number of amides is 1. The maximum Gasteiger partial charge on any atom is 0.277 e. The molecule has 162 valence electrons. The summed E-state index contributed by atoms with van der Waals surface area (Å²) < 4.78 is 7.50. The standard InChI is InChI=1S/C23H18N8O2/c1-16-26-21(30-13-5-12-24-30)14-22(27-16)33-19-10-8-17(9-11-19)28-23(32)20-15-25-31(29-20)18-6-3-2-4-7-18/h2-15H,1H3,(H,28,32). The van der Waals surface area contributed by atoms with E-state index in [9.17, 15) is 4.79 Å². The van der Waals surface area contributed by atoms with E-state index in [0.29, 0.717) is 29.0 Å². The fourth-order valence-corrected chi connectivity index (χ4v) is 3.07. The van der Waals surface area contributed by atoms with Crippen LogP contribution in [0.15, 0.2) is 85.3 Å². The largest absolute Gasteiger partial charge is 0.439 e. The molecule has 10 heteroatoms. The number of carbonyl (C=O) groups excluding carboxylic acids is 1. The van der Waals surface area contributed by atoms with Crippen LogP contribution in [0.3, 0.4) is 0 Å². The van der Waals surface area contributed by atoms with Crippen molar-refractivity contribution in [3.05, 3.63) is 96.8 Å². The van der Waals surface area contributed by atoms with Crippen LogP contribution in [0, 0.1) is 6.92 Å². The van der Waals surface area contributed by atoms with Gasteiger partial charge in [0.15, 0.2) is 11.5 Å². The molecule has 3 heterocycles. The third-order valence-corrected chi connectivity index (χ3v) is 4.59. The highest BCUT2D eigenvalue weighted by molar-refractivity contribution is 6.02. The van der Waals surface area contributed by atoms with Crippen LogP contribution in [-0.4, -0.2) is 40.6 Å². The van der Waals surface area contributed by atoms with Crippen molar-refractivity contribution in [2.24, 2.45) is 0 Å². The molecule has 0 bridgehead atoms. The summed E-state index contributed by atoms with van der Waals surface area (Å²) in [6, 6.07) is 19.8. The third-order valence-electron chi connectivity index (χ3n) is 4.59. The van der Waals surface area contributed by atoms with Crippen molar-refractivity contribution in [2.75, 3.05) is 5.32 Å². The van der Waals surface area contributed by atoms with Crippen molar-refractivity contribution in [3.8, 4) is 23.1 Å². The van der Waals surface area contributed by atoms with E-state index in [4.69, 9.17) is 4.74 Å². The number of rotatable bonds is 6. The van der Waals surface area contributed by atoms with Gasteiger partial charge in [-0.1, -0.05) is 18.2 Å². The zero-order chi connectivity index (χ0) is 22.6. The molecule has 5 rings (SSSR count). The van der Waals surface area contributed by atoms with Crippen molar-refractivity contribution in [3.63, 3.8) is 0 Å². The Morgan fingerprint density at radius 1 is 0.970 bits per heavy atom. The Hall–Kier alpha value is -4.86. The lowest BCUT2D eigenvalue weighted by Gasteiger charge is -2.09. The molecule has 10 nitrogen and oxygen atoms in total. The normalized spacial score (nSPS) is 10.7. The molecule has 0 aliphatic heterocycles. The minimum atomic E-state index is -0.360. The second kappa shape index (κ2) is 8.71. The lowest BCUT2D eigenvalue weighted by Crippen LogP contribution is -2.13. The highest BCUT2D eigenvalue weighted by Gasteiger charge is 2.12. The number of carbonyl (C=O) groups is 1. The summed E-state index contributed by atoms with van der Waals surface area (Å²) in [6.07, 6.45) is 4.89. The summed E-state index contributed by atoms with van der Waals surface area (Å²) >= 11 is 0. The van der Waals surface area contributed by atoms with Crippen LogP contribution in [0.5, 0.6) is 11.6 Å². The molecule has 2 aromatic carbocycles. The number of ether oxygens (including phenoxy) is 1. The summed E-state index contributed by atoms with van der Waals surface area (Å²) in [5.41, 5.74) is 1.58. The monoisotopic (exact) mass is 438 g/mol. The second-order valence-corrected chi connectivity index (χ2v) is 7.00. The lowest BCUT2D eigenvalue weighted by atomic mass is 10.3. The zero-order valence-corrected chi connectivity index (χ0v) is 17.5. The minimum Gasteiger partial charge on any atom is -0.439 e. The maximum absolute atomic E-state index is 12.5. The zero-order valence-electron chi connectivity index (χ0n) is 17.5. The molecule has 1 N–H and O–H groups in total. The van der Waals surface area contributed by atoms with Gasteiger partial charge >= 0.3 is 0 Å². The van der Waals surface area contributed by atoms with Gasteiger partial charge in [0.1, 0.15) is 11.6 Å². The van der Waals surface area contributed by atoms with E-state index in [0.717, 1.165) is 5.69 Å². The molecule has 5 aromatic rings. The smallest absolute Gasteiger partial charge is 0.277 e. The quantitative estimate of drug-likeness (QED) is 0.431. The van der Waals surface area contributed by atoms with Gasteiger partial charge in [-0.15, -0.1) is 5.10 Å². The van der Waals surface area contributed by atoms with Crippen LogP contribution in [0.1, 0.15) is 16.3 Å². The Kier molecular flexibility index (Phi) is 5.30. The molecule has 0 spiro atoms. The van der Waals surface area contributed by atoms with Gasteiger partial charge in [-0.3, -0.25) is 4.79 Å². The number of nitrogens with zero attached hydrogens (tertiary/aromatic N) is 7. The van der Waals surface area contributed by atoms with E-state index in [-0.39, 0.29) is 11.6 Å². The van der Waals surface area contributed by atoms with Crippen molar-refractivity contribution in [1.82, 2.24) is 34.7 Å². The molecule has 0 saturated carbocycles. The van der Waals surface area contributed by atoms with E-state index >= 15 is 0 Å². The van der Waals surface area contributed by atoms with E-state index < -0.39 is 0 Å². The molecule has 0 radical (unpaired) electrons. The van der Waals surface area contributed by atoms with Gasteiger partial charge in [0, 0.05) is 24.1 Å². The number of aromatic nitrogens is 7. The fourth-order valence-electron chi connectivity index (χ4n) is 3.07. The summed E-state index contributed by atoms with van der Waals surface area (Å²) in [6.45, 7) is 1.78. The molecular formula is C23H18N8O2. The number of hydrogen-bond donors (Lipinski definition) is 1. The summed E-state index contributed by atoms with van der Waals surface area (Å²) in [4.78, 5) is 22.6. The van der Waals surface area contributed by atoms with Gasteiger partial charge < -0.3 is 10.1 Å². The second-order valence-electron chi connectivity index (χ2n) is 7.00. The minimum absolute atomic E-state index is 0.210. The Labute approximate surface area is 188 Å². The van der Waals surface area contributed by atoms with Crippen LogP contribution < -0.4 is 10.1 Å². The number of nitrogens with one attached hydrogen (secondary N) is 1. The van der Waals surface area contributed by atoms with Gasteiger partial charge in [-0.25, -0.2) is 9.67 Å². The van der Waals surface area contributed by atoms with Crippen LogP contribution in [0.25, 0.3) is 11.5 Å². The van der Waals surface area contributed by atoms with Gasteiger partial charge in [-0.2, -0.15) is 20.0 Å². The summed E-state index contributed by atoms with van der Waals surface area (Å²) in [7, 11) is 0. The molecular weight excluding hydrogens is 420 g/mol. The Morgan fingerprint density at radius 2 is 1.79 bits per heavy atom. The number of benzene rings is 2. The van der Waals surface area contributed by atoms with Crippen LogP contribution in [0.4, 0.5) is 5.69 Å². The SMILES string of the molecule is Cc1nc(Oc2ccc(NC(=O)c3cnn(-c4ccccc4)n3)cc2)cc(-n2cccn2)n1. The first kappa shape index (κ1) is 20.1. The predicted molar refractivity (Wildman–Crippen MR) is 120 cm³/mol. The average Bonchev–Trinajstić information content (AvgIpc) is 3.53. The molecule has 0 atom stereocenters. The van der Waals surface area contributed by atoms with Crippen molar-refractivity contribution >= 4 is 11.6 Å². The third kappa shape index (κ3) is 4.59. The number of hydrogen-bond acceptors (Lipinski definition) is 7. The fraction of sp³-hybridized carbons (Fsp3) is 0.0435. The van der Waals surface area contributed by atoms with E-state index in [1.165, 1.54) is 11.0 Å². The number of aryl methyl sites for hydroxylation is 1. The molecule has 0 aliphatic carbocycles. The first-order valence-corrected chi connectivity index (χ1v) is 10.1. The predicted octanol–water partition coefficient (Wildman–Crippen LogP) is 3.60. The van der Waals surface area contributed by atoms with E-state index in [1.807, 2.05) is 36.4 Å². The molecule has 0 fully saturated rings. The Balaban J connectivity index is 1.26. The van der Waals surface area contributed by atoms with Crippen molar-refractivity contribution < 1.29 is 9.53 Å². The van der Waals surface area contributed by atoms with Gasteiger partial charge in [0.2, 0.25) is 5.88 Å². The molecule has 0 saturated heterocycles. The topological polar surface area (TPSA) is 113 Å². The van der Waals surface area contributed by atoms with E-state index in [1.54, 1.807) is 54.3 Å². The van der Waals surface area contributed by atoms with Crippen LogP contribution >= 0.6 is 0 Å². The first-order chi connectivity index (χ1) is 16.1. The molecule has 33 heavy (non-hydrogen) atoms.